The Labute approximate surface area is 188 Å². The average Bonchev–Trinajstić information content (AvgIpc) is 3.33. The molecule has 1 saturated carbocycles. The van der Waals surface area contributed by atoms with Gasteiger partial charge in [-0.05, 0) is 63.8 Å². The summed E-state index contributed by atoms with van der Waals surface area (Å²) in [4.78, 5) is 25.3. The number of ketones is 1. The van der Waals surface area contributed by atoms with Crippen molar-refractivity contribution in [3.05, 3.63) is 46.8 Å². The third kappa shape index (κ3) is 4.19. The van der Waals surface area contributed by atoms with E-state index in [0.717, 1.165) is 37.1 Å². The molecule has 2 aliphatic rings. The van der Waals surface area contributed by atoms with Crippen LogP contribution in [0.15, 0.2) is 29.2 Å². The lowest BCUT2D eigenvalue weighted by atomic mass is 10.1. The number of benzene rings is 1. The van der Waals surface area contributed by atoms with Crippen LogP contribution in [0.4, 0.5) is 0 Å². The fourth-order valence-electron chi connectivity index (χ4n) is 4.32. The average molecular weight is 461 g/mol. The molecule has 1 saturated heterocycles. The van der Waals surface area contributed by atoms with Gasteiger partial charge < -0.3 is 14.0 Å². The predicted molar refractivity (Wildman–Crippen MR) is 118 cm³/mol. The number of hydrogen-bond acceptors (Lipinski definition) is 6. The highest BCUT2D eigenvalue weighted by molar-refractivity contribution is 7.89. The summed E-state index contributed by atoms with van der Waals surface area (Å²) >= 11 is 0. The summed E-state index contributed by atoms with van der Waals surface area (Å²) in [6.07, 6.45) is 3.82. The smallest absolute Gasteiger partial charge is 0.338 e. The molecule has 4 rings (SSSR count). The molecule has 0 atom stereocenters. The summed E-state index contributed by atoms with van der Waals surface area (Å²) in [7, 11) is -2.41. The Kier molecular flexibility index (Phi) is 6.13. The molecule has 1 aromatic carbocycles. The molecule has 0 amide bonds. The van der Waals surface area contributed by atoms with Crippen LogP contribution in [0.2, 0.25) is 0 Å². The van der Waals surface area contributed by atoms with Gasteiger partial charge in [-0.3, -0.25) is 4.79 Å². The highest BCUT2D eigenvalue weighted by Crippen LogP contribution is 2.38. The molecule has 0 N–H and O–H groups in total. The Bertz CT molecular complexity index is 1160. The Hall–Kier alpha value is -2.65. The molecule has 172 valence electrons. The van der Waals surface area contributed by atoms with Crippen LogP contribution in [-0.2, 0) is 14.8 Å². The molecule has 2 heterocycles. The molecular weight excluding hydrogens is 432 g/mol. The van der Waals surface area contributed by atoms with Crippen molar-refractivity contribution in [3.63, 3.8) is 0 Å². The van der Waals surface area contributed by atoms with Crippen molar-refractivity contribution in [2.75, 3.05) is 26.8 Å². The van der Waals surface area contributed by atoms with Crippen molar-refractivity contribution in [1.82, 2.24) is 8.87 Å². The fourth-order valence-corrected chi connectivity index (χ4v) is 6.02. The maximum absolute atomic E-state index is 13.0. The van der Waals surface area contributed by atoms with E-state index in [4.69, 9.17) is 9.47 Å². The molecular formula is C23H28N2O6S. The summed E-state index contributed by atoms with van der Waals surface area (Å²) in [5.74, 6) is -0.872. The van der Waals surface area contributed by atoms with Gasteiger partial charge in [0.05, 0.1) is 12.7 Å². The number of aromatic nitrogens is 1. The lowest BCUT2D eigenvalue weighted by Crippen LogP contribution is -2.28. The van der Waals surface area contributed by atoms with Gasteiger partial charge in [-0.2, -0.15) is 4.31 Å². The Morgan fingerprint density at radius 3 is 2.41 bits per heavy atom. The number of carbonyl (C=O) groups excluding carboxylic acids is 2. The first-order valence-electron chi connectivity index (χ1n) is 10.8. The third-order valence-electron chi connectivity index (χ3n) is 6.11. The molecule has 0 bridgehead atoms. The second-order valence-electron chi connectivity index (χ2n) is 8.36. The zero-order valence-corrected chi connectivity index (χ0v) is 19.4. The van der Waals surface area contributed by atoms with Crippen molar-refractivity contribution < 1.29 is 27.5 Å². The van der Waals surface area contributed by atoms with Crippen LogP contribution >= 0.6 is 0 Å². The van der Waals surface area contributed by atoms with Crippen LogP contribution < -0.4 is 4.74 Å². The molecule has 9 heteroatoms. The van der Waals surface area contributed by atoms with Gasteiger partial charge in [0.1, 0.15) is 10.6 Å². The van der Waals surface area contributed by atoms with E-state index < -0.39 is 22.6 Å². The number of methoxy groups -OCH3 is 1. The molecule has 0 radical (unpaired) electrons. The van der Waals surface area contributed by atoms with Crippen molar-refractivity contribution in [3.8, 4) is 5.75 Å². The van der Waals surface area contributed by atoms with E-state index in [1.165, 1.54) is 29.6 Å². The minimum atomic E-state index is -3.79. The first-order chi connectivity index (χ1) is 15.2. The molecule has 8 nitrogen and oxygen atoms in total. The monoisotopic (exact) mass is 460 g/mol. The van der Waals surface area contributed by atoms with Crippen molar-refractivity contribution >= 4 is 21.8 Å². The minimum Gasteiger partial charge on any atom is -0.495 e. The Morgan fingerprint density at radius 2 is 1.78 bits per heavy atom. The molecule has 1 aliphatic heterocycles. The SMILES string of the molecule is COc1ccc(C(=O)OCC(=O)c2cc(C)n(C3CC3)c2C)cc1S(=O)(=O)N1CCCC1. The molecule has 1 aromatic heterocycles. The topological polar surface area (TPSA) is 94.9 Å². The first-order valence-corrected chi connectivity index (χ1v) is 12.2. The Morgan fingerprint density at radius 1 is 1.09 bits per heavy atom. The normalized spacial score (nSPS) is 16.8. The number of sulfonamides is 1. The number of nitrogens with zero attached hydrogens (tertiary/aromatic N) is 2. The second-order valence-corrected chi connectivity index (χ2v) is 10.3. The van der Waals surface area contributed by atoms with E-state index in [-0.39, 0.29) is 22.0 Å². The van der Waals surface area contributed by atoms with Crippen molar-refractivity contribution in [2.45, 2.75) is 50.5 Å². The number of rotatable bonds is 8. The molecule has 2 fully saturated rings. The first kappa shape index (κ1) is 22.5. The van der Waals surface area contributed by atoms with Crippen molar-refractivity contribution in [2.24, 2.45) is 0 Å². The lowest BCUT2D eigenvalue weighted by molar-refractivity contribution is 0.0474. The van der Waals surface area contributed by atoms with E-state index >= 15 is 0 Å². The standard InChI is InChI=1S/C23H28N2O6S/c1-15-12-19(16(2)25(15)18-7-8-18)20(26)14-31-23(27)17-6-9-21(30-3)22(13-17)32(28,29)24-10-4-5-11-24/h6,9,12-13,18H,4-5,7-8,10-11,14H2,1-3H3. The number of aryl methyl sites for hydroxylation is 1. The number of hydrogen-bond donors (Lipinski definition) is 0. The van der Waals surface area contributed by atoms with Gasteiger partial charge in [-0.25, -0.2) is 13.2 Å². The number of ether oxygens (including phenoxy) is 2. The van der Waals surface area contributed by atoms with E-state index in [0.29, 0.717) is 24.7 Å². The molecule has 0 spiro atoms. The van der Waals surface area contributed by atoms with Gasteiger partial charge in [-0.1, -0.05) is 0 Å². The fraction of sp³-hybridized carbons (Fsp3) is 0.478. The summed E-state index contributed by atoms with van der Waals surface area (Å²) in [6.45, 7) is 4.34. The maximum atomic E-state index is 13.0. The zero-order valence-electron chi connectivity index (χ0n) is 18.6. The molecule has 1 aliphatic carbocycles. The maximum Gasteiger partial charge on any atom is 0.338 e. The number of carbonyl (C=O) groups is 2. The highest BCUT2D eigenvalue weighted by Gasteiger charge is 2.31. The largest absolute Gasteiger partial charge is 0.495 e. The number of esters is 1. The summed E-state index contributed by atoms with van der Waals surface area (Å²) < 4.78 is 40.0. The molecule has 32 heavy (non-hydrogen) atoms. The quantitative estimate of drug-likeness (QED) is 0.443. The summed E-state index contributed by atoms with van der Waals surface area (Å²) in [5.41, 5.74) is 2.51. The summed E-state index contributed by atoms with van der Waals surface area (Å²) in [6, 6.07) is 6.42. The van der Waals surface area contributed by atoms with Crippen LogP contribution in [0.25, 0.3) is 0 Å². The van der Waals surface area contributed by atoms with Crippen molar-refractivity contribution in [1.29, 1.82) is 0 Å². The zero-order chi connectivity index (χ0) is 23.0. The van der Waals surface area contributed by atoms with E-state index in [1.54, 1.807) is 0 Å². The molecule has 0 unspecified atom stereocenters. The predicted octanol–water partition coefficient (Wildman–Crippen LogP) is 3.27. The minimum absolute atomic E-state index is 0.0554. The van der Waals surface area contributed by atoms with E-state index in [2.05, 4.69) is 4.57 Å². The van der Waals surface area contributed by atoms with Gasteiger partial charge in [0.25, 0.3) is 0 Å². The Balaban J connectivity index is 1.50. The second kappa shape index (κ2) is 8.71. The van der Waals surface area contributed by atoms with Gasteiger partial charge in [0.15, 0.2) is 6.61 Å². The lowest BCUT2D eigenvalue weighted by Gasteiger charge is -2.18. The van der Waals surface area contributed by atoms with Gasteiger partial charge in [0.2, 0.25) is 15.8 Å². The van der Waals surface area contributed by atoms with Crippen LogP contribution in [0.1, 0.15) is 63.8 Å². The van der Waals surface area contributed by atoms with Crippen LogP contribution in [0, 0.1) is 13.8 Å². The van der Waals surface area contributed by atoms with E-state index in [1.807, 2.05) is 19.9 Å². The number of Topliss-reactive ketones (excluding diaryl/α,β-unsaturated/α-hetero) is 1. The van der Waals surface area contributed by atoms with Crippen LogP contribution in [0.3, 0.4) is 0 Å². The van der Waals surface area contributed by atoms with Crippen LogP contribution in [0.5, 0.6) is 5.75 Å². The van der Waals surface area contributed by atoms with Crippen LogP contribution in [-0.4, -0.2) is 55.8 Å². The summed E-state index contributed by atoms with van der Waals surface area (Å²) in [5, 5.41) is 0. The highest BCUT2D eigenvalue weighted by atomic mass is 32.2. The van der Waals surface area contributed by atoms with E-state index in [9.17, 15) is 18.0 Å². The van der Waals surface area contributed by atoms with Gasteiger partial charge >= 0.3 is 5.97 Å². The molecule has 2 aromatic rings. The van der Waals surface area contributed by atoms with Gasteiger partial charge in [0, 0.05) is 36.1 Å². The third-order valence-corrected chi connectivity index (χ3v) is 8.03. The van der Waals surface area contributed by atoms with Gasteiger partial charge in [-0.15, -0.1) is 0 Å².